The van der Waals surface area contributed by atoms with Crippen LogP contribution in [-0.2, 0) is 6.42 Å². The maximum absolute atomic E-state index is 2.46. The Labute approximate surface area is 411 Å². The molecular formula is C65H114. The normalized spacial score (nSPS) is 18.8. The zero-order valence-electron chi connectivity index (χ0n) is 43.4. The molecule has 2 unspecified atom stereocenters. The number of hydrogen-bond donors (Lipinski definition) is 0. The highest BCUT2D eigenvalue weighted by Gasteiger charge is 2.38. The summed E-state index contributed by atoms with van der Waals surface area (Å²) in [6.45, 7) is 38.4. The molecule has 0 spiro atoms. The molecule has 0 amide bonds. The van der Waals surface area contributed by atoms with Crippen molar-refractivity contribution in [2.75, 3.05) is 0 Å². The van der Waals surface area contributed by atoms with Gasteiger partial charge in [0.2, 0.25) is 0 Å². The lowest BCUT2D eigenvalue weighted by atomic mass is 9.60. The largest absolute Gasteiger partial charge is 0.0776 e. The number of benzene rings is 4. The van der Waals surface area contributed by atoms with Crippen molar-refractivity contribution in [3.8, 4) is 0 Å². The summed E-state index contributed by atoms with van der Waals surface area (Å²) < 4.78 is 0. The van der Waals surface area contributed by atoms with E-state index in [4.69, 9.17) is 0 Å². The Kier molecular flexibility index (Phi) is 38.9. The summed E-state index contributed by atoms with van der Waals surface area (Å²) in [4.78, 5) is 0. The summed E-state index contributed by atoms with van der Waals surface area (Å²) in [7, 11) is 0. The van der Waals surface area contributed by atoms with Crippen molar-refractivity contribution in [1.82, 2.24) is 0 Å². The Balaban J connectivity index is -0.000000347. The molecule has 4 aromatic carbocycles. The van der Waals surface area contributed by atoms with Crippen molar-refractivity contribution in [1.29, 1.82) is 0 Å². The molecule has 374 valence electrons. The van der Waals surface area contributed by atoms with Crippen LogP contribution in [0, 0.1) is 84.0 Å². The van der Waals surface area contributed by atoms with Crippen molar-refractivity contribution in [3.63, 3.8) is 0 Å². The molecule has 0 heterocycles. The fourth-order valence-electron chi connectivity index (χ4n) is 9.09. The van der Waals surface area contributed by atoms with Gasteiger partial charge in [-0.05, 0) is 143 Å². The Morgan fingerprint density at radius 2 is 0.785 bits per heavy atom. The third-order valence-corrected chi connectivity index (χ3v) is 13.2. The number of rotatable bonds is 8. The lowest BCUT2D eigenvalue weighted by Crippen LogP contribution is -2.34. The molecule has 0 aromatic heterocycles. The van der Waals surface area contributed by atoms with Gasteiger partial charge in [0.25, 0.3) is 0 Å². The van der Waals surface area contributed by atoms with E-state index in [9.17, 15) is 0 Å². The van der Waals surface area contributed by atoms with Gasteiger partial charge < -0.3 is 0 Å². The minimum absolute atomic E-state index is 0. The standard InChI is InChI=1S/C16H18.C12H24.C9H12.C8H16.C8H10.C8H18.4CH4/c1-12-4-7-15(8-5-12)11-16-9-6-13(2)14(3)10-16;1-6-12(5)8-10(2)7-11(3,4)9-12;1-7-4-5-8(2)9(3)6-7;2*1-7-3-5-8(2)6-4-7;1-3-5-7-8-6-4-2;;;;/h4-10H,11H2,1-3H3;10H,6-9H2,1-5H3;4-6H,1-3H3;7-8H,3-6H2,1-2H3;3-6H,1-2H3;3-8H2,1-2H3;4*1H4. The number of unbranched alkanes of at least 4 members (excludes halogenated alkanes) is 5. The Bertz CT molecular complexity index is 1660. The van der Waals surface area contributed by atoms with Crippen LogP contribution >= 0.6 is 0 Å². The molecule has 2 atom stereocenters. The van der Waals surface area contributed by atoms with Crippen molar-refractivity contribution < 1.29 is 0 Å². The molecule has 4 aromatic rings. The zero-order chi connectivity index (χ0) is 46.0. The van der Waals surface area contributed by atoms with E-state index in [1.165, 1.54) is 146 Å². The summed E-state index contributed by atoms with van der Waals surface area (Å²) in [5, 5.41) is 0. The van der Waals surface area contributed by atoms with Crippen molar-refractivity contribution in [2.24, 2.45) is 28.6 Å². The summed E-state index contributed by atoms with van der Waals surface area (Å²) in [6.07, 6.45) is 21.0. The predicted octanol–water partition coefficient (Wildman–Crippen LogP) is 22.1. The van der Waals surface area contributed by atoms with Crippen LogP contribution in [0.1, 0.15) is 238 Å². The highest BCUT2D eigenvalue weighted by atomic mass is 14.4. The average molecular weight is 896 g/mol. The molecule has 0 nitrogen and oxygen atoms in total. The number of aryl methyl sites for hydroxylation is 8. The van der Waals surface area contributed by atoms with Crippen LogP contribution in [0.15, 0.2) is 84.9 Å². The monoisotopic (exact) mass is 895 g/mol. The molecule has 2 aliphatic carbocycles. The first-order chi connectivity index (χ1) is 28.7. The quantitative estimate of drug-likeness (QED) is 0.155. The van der Waals surface area contributed by atoms with Crippen LogP contribution in [-0.4, -0.2) is 0 Å². The molecule has 65 heavy (non-hydrogen) atoms. The van der Waals surface area contributed by atoms with Crippen molar-refractivity contribution in [2.45, 2.75) is 244 Å². The van der Waals surface area contributed by atoms with E-state index in [2.05, 4.69) is 203 Å². The van der Waals surface area contributed by atoms with Crippen LogP contribution in [0.3, 0.4) is 0 Å². The van der Waals surface area contributed by atoms with E-state index in [1.807, 2.05) is 0 Å². The molecule has 2 fully saturated rings. The van der Waals surface area contributed by atoms with Gasteiger partial charge in [0, 0.05) is 0 Å². The van der Waals surface area contributed by atoms with Gasteiger partial charge in [-0.3, -0.25) is 0 Å². The molecule has 2 aliphatic rings. The molecule has 0 bridgehead atoms. The van der Waals surface area contributed by atoms with Crippen LogP contribution < -0.4 is 0 Å². The van der Waals surface area contributed by atoms with Gasteiger partial charge in [0.15, 0.2) is 0 Å². The Morgan fingerprint density at radius 1 is 0.415 bits per heavy atom. The third-order valence-electron chi connectivity index (χ3n) is 13.2. The molecule has 2 saturated carbocycles. The predicted molar refractivity (Wildman–Crippen MR) is 304 cm³/mol. The molecule has 0 radical (unpaired) electrons. The molecule has 6 rings (SSSR count). The SMILES string of the molecule is C.C.C.C.CC1CCC(C)CC1.CCC1(C)CC(C)CC(C)(C)C1.CCCCCCCC.Cc1ccc(C)c(C)c1.Cc1ccc(C)cc1.Cc1ccc(Cc2ccc(C)c(C)c2)cc1. The first-order valence-corrected chi connectivity index (χ1v) is 24.9. The smallest absolute Gasteiger partial charge is 0.00257 e. The van der Waals surface area contributed by atoms with Crippen LogP contribution in [0.4, 0.5) is 0 Å². The fraction of sp³-hybridized carbons (Fsp3) is 0.631. The topological polar surface area (TPSA) is 0 Å². The zero-order valence-corrected chi connectivity index (χ0v) is 43.4. The second-order valence-corrected chi connectivity index (χ2v) is 21.1. The van der Waals surface area contributed by atoms with E-state index in [0.717, 1.165) is 24.2 Å². The first-order valence-electron chi connectivity index (χ1n) is 24.9. The minimum atomic E-state index is 0. The minimum Gasteiger partial charge on any atom is -0.0776 e. The van der Waals surface area contributed by atoms with E-state index < -0.39 is 0 Å². The van der Waals surface area contributed by atoms with Gasteiger partial charge in [-0.25, -0.2) is 0 Å². The summed E-state index contributed by atoms with van der Waals surface area (Å²) in [6, 6.07) is 30.5. The lowest BCUT2D eigenvalue weighted by Gasteiger charge is -2.45. The van der Waals surface area contributed by atoms with Gasteiger partial charge in [0.1, 0.15) is 0 Å². The second kappa shape index (κ2) is 36.9. The first kappa shape index (κ1) is 68.5. The molecule has 0 aliphatic heterocycles. The fourth-order valence-corrected chi connectivity index (χ4v) is 9.09. The van der Waals surface area contributed by atoms with Crippen molar-refractivity contribution >= 4 is 0 Å². The maximum atomic E-state index is 2.46. The summed E-state index contributed by atoms with van der Waals surface area (Å²) in [5.74, 6) is 2.97. The molecule has 0 heteroatoms. The van der Waals surface area contributed by atoms with Gasteiger partial charge in [-0.15, -0.1) is 0 Å². The van der Waals surface area contributed by atoms with E-state index in [1.54, 1.807) is 0 Å². The second-order valence-electron chi connectivity index (χ2n) is 21.1. The molecule has 0 N–H and O–H groups in total. The van der Waals surface area contributed by atoms with Crippen LogP contribution in [0.25, 0.3) is 0 Å². The van der Waals surface area contributed by atoms with Gasteiger partial charge in [0.05, 0.1) is 0 Å². The van der Waals surface area contributed by atoms with Gasteiger partial charge in [-0.2, -0.15) is 0 Å². The number of hydrogen-bond acceptors (Lipinski definition) is 0. The van der Waals surface area contributed by atoms with Gasteiger partial charge in [-0.1, -0.05) is 270 Å². The van der Waals surface area contributed by atoms with E-state index >= 15 is 0 Å². The Hall–Kier alpha value is -3.12. The third kappa shape index (κ3) is 32.3. The van der Waals surface area contributed by atoms with Crippen LogP contribution in [0.5, 0.6) is 0 Å². The maximum Gasteiger partial charge on any atom is -0.00257 e. The van der Waals surface area contributed by atoms with E-state index in [-0.39, 0.29) is 29.7 Å². The average Bonchev–Trinajstić information content (AvgIpc) is 3.20. The highest BCUT2D eigenvalue weighted by Crippen LogP contribution is 2.49. The molecular weight excluding hydrogens is 781 g/mol. The van der Waals surface area contributed by atoms with Crippen molar-refractivity contribution in [3.05, 3.63) is 141 Å². The molecule has 0 saturated heterocycles. The summed E-state index contributed by atoms with van der Waals surface area (Å²) >= 11 is 0. The van der Waals surface area contributed by atoms with E-state index in [0.29, 0.717) is 10.8 Å². The highest BCUT2D eigenvalue weighted by molar-refractivity contribution is 5.34. The van der Waals surface area contributed by atoms with Gasteiger partial charge >= 0.3 is 0 Å². The van der Waals surface area contributed by atoms with Crippen LogP contribution in [0.2, 0.25) is 0 Å². The lowest BCUT2D eigenvalue weighted by molar-refractivity contribution is 0.0581. The summed E-state index contributed by atoms with van der Waals surface area (Å²) in [5.41, 5.74) is 14.8. The Morgan fingerprint density at radius 3 is 1.14 bits per heavy atom.